The second-order valence-corrected chi connectivity index (χ2v) is 15.2. The van der Waals surface area contributed by atoms with Crippen molar-refractivity contribution in [3.05, 3.63) is 168 Å². The molecule has 0 saturated carbocycles. The summed E-state index contributed by atoms with van der Waals surface area (Å²) in [6.45, 7) is 17.6. The maximum Gasteiger partial charge on any atom is 0.131 e. The first-order chi connectivity index (χ1) is 24.0. The molecule has 0 atom stereocenters. The number of benzene rings is 5. The standard InChI is InChI=1S/C18H14O.C12H17N.C10H12.C6H8N.Mo/c19-18-16(14-8-3-1-4-9-14)12-7-13-17(18)15-10-5-2-6-11-15;1-8(2)10-6-5-7-11(9(3)4)12(10)13;1-10(2,3)9-7-5-4-6-8-9;1-5-3-4-6(2)7-5;/h1-13,19H;5-9H,1-4H3;1,4-8H,2-3H3;3-4H,1-2H3;/q;;;-1;. The van der Waals surface area contributed by atoms with Crippen molar-refractivity contribution in [2.45, 2.75) is 72.6 Å². The van der Waals surface area contributed by atoms with E-state index in [4.69, 9.17) is 3.50 Å². The predicted octanol–water partition coefficient (Wildman–Crippen LogP) is 12.6. The van der Waals surface area contributed by atoms with Gasteiger partial charge >= 0.3 is 156 Å². The van der Waals surface area contributed by atoms with Crippen LogP contribution in [0.1, 0.15) is 81.5 Å². The smallest absolute Gasteiger partial charge is 0.131 e. The van der Waals surface area contributed by atoms with Gasteiger partial charge in [-0.3, -0.25) is 0 Å². The summed E-state index contributed by atoms with van der Waals surface area (Å²) in [5, 5.41) is 10.5. The predicted molar refractivity (Wildman–Crippen MR) is 210 cm³/mol. The molecule has 1 heterocycles. The summed E-state index contributed by atoms with van der Waals surface area (Å²) in [6.07, 6.45) is 0. The Morgan fingerprint density at radius 2 is 1.00 bits per heavy atom. The van der Waals surface area contributed by atoms with Crippen LogP contribution in [0.3, 0.4) is 0 Å². The molecule has 0 aliphatic heterocycles. The number of aryl methyl sites for hydroxylation is 2. The Morgan fingerprint density at radius 3 is 1.40 bits per heavy atom. The maximum atomic E-state index is 10.5. The fraction of sp³-hybridized carbons (Fsp3) is 0.239. The second kappa shape index (κ2) is 18.5. The first-order valence-corrected chi connectivity index (χ1v) is 19.4. The first kappa shape index (κ1) is 38.3. The van der Waals surface area contributed by atoms with Gasteiger partial charge in [0.25, 0.3) is 0 Å². The molecule has 0 spiro atoms. The van der Waals surface area contributed by atoms with Crippen LogP contribution in [0.5, 0.6) is 5.75 Å². The van der Waals surface area contributed by atoms with E-state index in [-0.39, 0.29) is 5.41 Å². The fourth-order valence-corrected chi connectivity index (χ4v) is 7.49. The minimum atomic E-state index is -0.553. The van der Waals surface area contributed by atoms with E-state index in [0.717, 1.165) is 33.6 Å². The Bertz CT molecular complexity index is 1880. The summed E-state index contributed by atoms with van der Waals surface area (Å²) >= 11 is -0.553. The summed E-state index contributed by atoms with van der Waals surface area (Å²) in [4.78, 5) is 4.11. The molecule has 1 aromatic heterocycles. The molecule has 258 valence electrons. The van der Waals surface area contributed by atoms with E-state index < -0.39 is 17.9 Å². The van der Waals surface area contributed by atoms with Crippen molar-refractivity contribution in [1.29, 1.82) is 0 Å². The minimum Gasteiger partial charge on any atom is -0.665 e. The van der Waals surface area contributed by atoms with Crippen LogP contribution in [0.25, 0.3) is 22.3 Å². The molecule has 4 heteroatoms. The van der Waals surface area contributed by atoms with Gasteiger partial charge in [0.1, 0.15) is 5.75 Å². The van der Waals surface area contributed by atoms with Gasteiger partial charge in [-0.1, -0.05) is 105 Å². The zero-order chi connectivity index (χ0) is 36.1. The number of phenolic OH excluding ortho intramolecular Hbond substituents is 1. The fourth-order valence-electron chi connectivity index (χ4n) is 5.60. The Balaban J connectivity index is 0.000000191. The van der Waals surface area contributed by atoms with Gasteiger partial charge in [0.05, 0.1) is 0 Å². The number of aromatic nitrogens is 1. The zero-order valence-electron chi connectivity index (χ0n) is 30.8. The van der Waals surface area contributed by atoms with Crippen molar-refractivity contribution in [2.75, 3.05) is 0 Å². The van der Waals surface area contributed by atoms with Gasteiger partial charge in [0.15, 0.2) is 0 Å². The summed E-state index contributed by atoms with van der Waals surface area (Å²) in [5.41, 5.74) is 11.5. The van der Waals surface area contributed by atoms with Crippen molar-refractivity contribution in [3.8, 4) is 28.0 Å². The number of para-hydroxylation sites is 1. The molecule has 0 saturated heterocycles. The monoisotopic (exact) mass is 745 g/mol. The van der Waals surface area contributed by atoms with E-state index in [1.165, 1.54) is 22.4 Å². The van der Waals surface area contributed by atoms with E-state index in [2.05, 4.69) is 99.5 Å². The summed E-state index contributed by atoms with van der Waals surface area (Å²) in [6, 6.07) is 47.2. The molecule has 0 unspecified atom stereocenters. The Labute approximate surface area is 308 Å². The van der Waals surface area contributed by atoms with Gasteiger partial charge in [0, 0.05) is 11.1 Å². The van der Waals surface area contributed by atoms with E-state index in [1.807, 2.05) is 105 Å². The molecule has 0 radical (unpaired) electrons. The van der Waals surface area contributed by atoms with Gasteiger partial charge in [0.2, 0.25) is 0 Å². The largest absolute Gasteiger partial charge is 0.665 e. The van der Waals surface area contributed by atoms with Crippen LogP contribution in [0.4, 0.5) is 5.69 Å². The van der Waals surface area contributed by atoms with Gasteiger partial charge in [-0.15, -0.1) is 0 Å². The molecular formula is C46H51MoN2O-. The summed E-state index contributed by atoms with van der Waals surface area (Å²) in [7, 11) is 0. The van der Waals surface area contributed by atoms with Crippen molar-refractivity contribution >= 4 is 10.1 Å². The third kappa shape index (κ3) is 10.8. The van der Waals surface area contributed by atoms with Crippen molar-refractivity contribution < 1.29 is 23.0 Å². The molecule has 0 amide bonds. The molecule has 6 rings (SSSR count). The average molecular weight is 744 g/mol. The molecule has 6 aromatic rings. The number of phenols is 1. The third-order valence-electron chi connectivity index (χ3n) is 8.48. The summed E-state index contributed by atoms with van der Waals surface area (Å²) < 4.78 is 7.59. The topological polar surface area (TPSA) is 46.7 Å². The molecule has 0 aliphatic carbocycles. The van der Waals surface area contributed by atoms with Gasteiger partial charge in [-0.2, -0.15) is 11.4 Å². The molecule has 0 fully saturated rings. The van der Waals surface area contributed by atoms with Crippen LogP contribution in [-0.2, 0) is 23.3 Å². The molecule has 1 N–H and O–H groups in total. The number of hydrogen-bond acceptors (Lipinski definition) is 2. The van der Waals surface area contributed by atoms with Crippen molar-refractivity contribution in [1.82, 2.24) is 4.98 Å². The summed E-state index contributed by atoms with van der Waals surface area (Å²) in [5.74, 6) is 1.36. The second-order valence-electron chi connectivity index (χ2n) is 13.7. The Morgan fingerprint density at radius 1 is 0.580 bits per heavy atom. The van der Waals surface area contributed by atoms with E-state index in [0.29, 0.717) is 17.6 Å². The number of aromatic hydroxyl groups is 1. The van der Waals surface area contributed by atoms with Crippen LogP contribution in [0.2, 0.25) is 0 Å². The van der Waals surface area contributed by atoms with Crippen molar-refractivity contribution in [3.63, 3.8) is 0 Å². The zero-order valence-corrected chi connectivity index (χ0v) is 32.8. The molecule has 0 bridgehead atoms. The van der Waals surface area contributed by atoms with Crippen LogP contribution in [0.15, 0.2) is 143 Å². The molecular weight excluding hydrogens is 692 g/mol. The van der Waals surface area contributed by atoms with Gasteiger partial charge in [-0.05, 0) is 11.1 Å². The van der Waals surface area contributed by atoms with E-state index >= 15 is 0 Å². The Hall–Kier alpha value is -4.46. The van der Waals surface area contributed by atoms with Crippen LogP contribution < -0.4 is 4.98 Å². The van der Waals surface area contributed by atoms with E-state index in [1.54, 1.807) is 0 Å². The molecule has 0 aliphatic rings. The van der Waals surface area contributed by atoms with Gasteiger partial charge in [-0.25, -0.2) is 0 Å². The molecule has 50 heavy (non-hydrogen) atoms. The minimum absolute atomic E-state index is 0.0811. The quantitative estimate of drug-likeness (QED) is 0.166. The number of rotatable bonds is 7. The van der Waals surface area contributed by atoms with E-state index in [9.17, 15) is 5.11 Å². The normalized spacial score (nSPS) is 10.8. The van der Waals surface area contributed by atoms with Crippen LogP contribution in [-0.4, -0.2) is 9.51 Å². The SMILES string of the molecule is CC(C)c1cccc(C(C)C)c1[N]=[Mo]=[CH]C(C)(C)c1ccccc1.Cc1ccc(C)[n-]1.Oc1c(-c2ccccc2)cccc1-c1ccccc1. The van der Waals surface area contributed by atoms with Crippen LogP contribution >= 0.6 is 0 Å². The van der Waals surface area contributed by atoms with Gasteiger partial charge < -0.3 is 10.1 Å². The third-order valence-corrected chi connectivity index (χ3v) is 10.9. The number of hydrogen-bond donors (Lipinski definition) is 1. The van der Waals surface area contributed by atoms with Crippen LogP contribution in [0, 0.1) is 13.8 Å². The van der Waals surface area contributed by atoms with Crippen molar-refractivity contribution in [2.24, 2.45) is 3.50 Å². The number of nitrogens with zero attached hydrogens (tertiary/aromatic N) is 2. The molecule has 5 aromatic carbocycles. The molecule has 3 nitrogen and oxygen atoms in total. The first-order valence-electron chi connectivity index (χ1n) is 17.4. The average Bonchev–Trinajstić information content (AvgIpc) is 3.51. The maximum absolute atomic E-state index is 10.5. The Kier molecular flexibility index (Phi) is 14.2.